The number of hydrogen-bond acceptors (Lipinski definition) is 5. The Morgan fingerprint density at radius 1 is 1.03 bits per heavy atom. The zero-order chi connectivity index (χ0) is 21.5. The van der Waals surface area contributed by atoms with Gasteiger partial charge in [0.1, 0.15) is 5.82 Å². The Morgan fingerprint density at radius 3 is 2.50 bits per heavy atom. The summed E-state index contributed by atoms with van der Waals surface area (Å²) in [5.74, 6) is -0.123. The molecule has 2 aromatic heterocycles. The molecule has 0 atom stereocenters. The van der Waals surface area contributed by atoms with Gasteiger partial charge < -0.3 is 20.5 Å². The fourth-order valence-electron chi connectivity index (χ4n) is 2.67. The van der Waals surface area contributed by atoms with Crippen LogP contribution in [0.25, 0.3) is 0 Å². The Labute approximate surface area is 173 Å². The van der Waals surface area contributed by atoms with E-state index in [1.165, 1.54) is 29.1 Å². The fraction of sp³-hybridized carbons (Fsp3) is 0.143. The third-order valence-corrected chi connectivity index (χ3v) is 4.12. The molecule has 30 heavy (non-hydrogen) atoms. The average molecular weight is 406 g/mol. The predicted octanol–water partition coefficient (Wildman–Crippen LogP) is 2.92. The van der Waals surface area contributed by atoms with Gasteiger partial charge in [-0.1, -0.05) is 18.2 Å². The minimum Gasteiger partial charge on any atom is -0.355 e. The van der Waals surface area contributed by atoms with Gasteiger partial charge in [-0.15, -0.1) is 0 Å². The zero-order valence-electron chi connectivity index (χ0n) is 16.6. The first-order valence-corrected chi connectivity index (χ1v) is 9.31. The summed E-state index contributed by atoms with van der Waals surface area (Å²) in [7, 11) is 1.60. The molecule has 0 radical (unpaired) electrons. The van der Waals surface area contributed by atoms with Gasteiger partial charge in [0, 0.05) is 43.8 Å². The highest BCUT2D eigenvalue weighted by Crippen LogP contribution is 2.24. The Kier molecular flexibility index (Phi) is 6.43. The number of amides is 3. The van der Waals surface area contributed by atoms with Crippen molar-refractivity contribution in [2.45, 2.75) is 6.92 Å². The van der Waals surface area contributed by atoms with Crippen LogP contribution in [0.5, 0.6) is 0 Å². The Hall–Kier alpha value is -4.14. The van der Waals surface area contributed by atoms with Crippen molar-refractivity contribution in [1.29, 1.82) is 0 Å². The van der Waals surface area contributed by atoms with Gasteiger partial charge in [-0.3, -0.25) is 14.9 Å². The SMILES string of the molecule is CCNC(=O)Nc1cc(Nc2ccccc2)c(C(=O)Nc2ccc(=O)n(C)c2)cn1. The molecule has 9 heteroatoms. The van der Waals surface area contributed by atoms with Crippen molar-refractivity contribution in [3.8, 4) is 0 Å². The predicted molar refractivity (Wildman–Crippen MR) is 116 cm³/mol. The first-order chi connectivity index (χ1) is 14.5. The zero-order valence-corrected chi connectivity index (χ0v) is 16.6. The summed E-state index contributed by atoms with van der Waals surface area (Å²) in [6.07, 6.45) is 2.91. The van der Waals surface area contributed by atoms with Crippen molar-refractivity contribution in [3.05, 3.63) is 76.8 Å². The second kappa shape index (κ2) is 9.37. The molecule has 0 fully saturated rings. The lowest BCUT2D eigenvalue weighted by atomic mass is 10.2. The van der Waals surface area contributed by atoms with Crippen LogP contribution in [0.1, 0.15) is 17.3 Å². The second-order valence-corrected chi connectivity index (χ2v) is 6.41. The molecule has 0 bridgehead atoms. The lowest BCUT2D eigenvalue weighted by Crippen LogP contribution is -2.28. The van der Waals surface area contributed by atoms with Crippen LogP contribution in [-0.2, 0) is 7.05 Å². The Bertz CT molecular complexity index is 1110. The molecule has 1 aromatic carbocycles. The number of carbonyl (C=O) groups is 2. The highest BCUT2D eigenvalue weighted by molar-refractivity contribution is 6.08. The van der Waals surface area contributed by atoms with E-state index in [1.807, 2.05) is 37.3 Å². The molecule has 9 nitrogen and oxygen atoms in total. The van der Waals surface area contributed by atoms with Crippen molar-refractivity contribution in [1.82, 2.24) is 14.9 Å². The van der Waals surface area contributed by atoms with Crippen molar-refractivity contribution in [2.75, 3.05) is 22.5 Å². The molecule has 0 saturated heterocycles. The number of anilines is 4. The van der Waals surface area contributed by atoms with Crippen LogP contribution in [0.15, 0.2) is 65.7 Å². The quantitative estimate of drug-likeness (QED) is 0.502. The molecule has 0 unspecified atom stereocenters. The largest absolute Gasteiger partial charge is 0.355 e. The minimum atomic E-state index is -0.413. The molecule has 0 aliphatic carbocycles. The highest BCUT2D eigenvalue weighted by atomic mass is 16.2. The van der Waals surface area contributed by atoms with Crippen LogP contribution in [-0.4, -0.2) is 28.0 Å². The van der Waals surface area contributed by atoms with Gasteiger partial charge in [0.05, 0.1) is 16.9 Å². The minimum absolute atomic E-state index is 0.179. The van der Waals surface area contributed by atoms with Crippen molar-refractivity contribution >= 4 is 34.8 Å². The third kappa shape index (κ3) is 5.22. The molecule has 0 spiro atoms. The highest BCUT2D eigenvalue weighted by Gasteiger charge is 2.15. The Balaban J connectivity index is 1.90. The first kappa shape index (κ1) is 20.6. The summed E-state index contributed by atoms with van der Waals surface area (Å²) in [6.45, 7) is 2.28. The number of benzene rings is 1. The van der Waals surface area contributed by atoms with Crippen LogP contribution < -0.4 is 26.8 Å². The molecule has 2 heterocycles. The van der Waals surface area contributed by atoms with Crippen molar-refractivity contribution < 1.29 is 9.59 Å². The maximum Gasteiger partial charge on any atom is 0.320 e. The average Bonchev–Trinajstić information content (AvgIpc) is 2.72. The number of rotatable bonds is 6. The number of nitrogens with one attached hydrogen (secondary N) is 4. The van der Waals surface area contributed by atoms with Crippen molar-refractivity contribution in [3.63, 3.8) is 0 Å². The third-order valence-electron chi connectivity index (χ3n) is 4.12. The number of para-hydroxylation sites is 1. The van der Waals surface area contributed by atoms with Crippen LogP contribution in [0.3, 0.4) is 0 Å². The molecule has 3 amide bonds. The summed E-state index contributed by atoms with van der Waals surface area (Å²) in [5, 5.41) is 11.2. The molecule has 0 saturated carbocycles. The molecule has 154 valence electrons. The van der Waals surface area contributed by atoms with Crippen LogP contribution in [0, 0.1) is 0 Å². The van der Waals surface area contributed by atoms with E-state index < -0.39 is 11.9 Å². The number of aromatic nitrogens is 2. The maximum atomic E-state index is 12.9. The standard InChI is InChI=1S/C21H22N6O3/c1-3-22-21(30)26-18-11-17(24-14-7-5-4-6-8-14)16(12-23-18)20(29)25-15-9-10-19(28)27(2)13-15/h4-13H,3H2,1-2H3,(H,25,29)(H3,22,23,24,26,30). The monoisotopic (exact) mass is 406 g/mol. The number of aryl methyl sites for hydroxylation is 1. The van der Waals surface area contributed by atoms with Crippen LogP contribution in [0.4, 0.5) is 27.7 Å². The van der Waals surface area contributed by atoms with E-state index in [0.29, 0.717) is 17.9 Å². The number of urea groups is 1. The topological polar surface area (TPSA) is 117 Å². The van der Waals surface area contributed by atoms with E-state index in [9.17, 15) is 14.4 Å². The second-order valence-electron chi connectivity index (χ2n) is 6.41. The molecule has 4 N–H and O–H groups in total. The lowest BCUT2D eigenvalue weighted by Gasteiger charge is -2.14. The van der Waals surface area contributed by atoms with E-state index in [2.05, 4.69) is 26.3 Å². The maximum absolute atomic E-state index is 12.9. The van der Waals surface area contributed by atoms with E-state index in [0.717, 1.165) is 5.69 Å². The van der Waals surface area contributed by atoms with Crippen LogP contribution >= 0.6 is 0 Å². The number of carbonyl (C=O) groups excluding carboxylic acids is 2. The van der Waals surface area contributed by atoms with E-state index in [1.54, 1.807) is 13.1 Å². The van der Waals surface area contributed by atoms with Gasteiger partial charge >= 0.3 is 6.03 Å². The summed E-state index contributed by atoms with van der Waals surface area (Å²) in [6, 6.07) is 13.4. The molecule has 3 rings (SSSR count). The fourth-order valence-corrected chi connectivity index (χ4v) is 2.67. The van der Waals surface area contributed by atoms with Gasteiger partial charge in [-0.25, -0.2) is 9.78 Å². The number of pyridine rings is 2. The van der Waals surface area contributed by atoms with Crippen molar-refractivity contribution in [2.24, 2.45) is 7.05 Å². The van der Waals surface area contributed by atoms with Gasteiger partial charge in [0.15, 0.2) is 0 Å². The number of nitrogens with zero attached hydrogens (tertiary/aromatic N) is 2. The van der Waals surface area contributed by atoms with Gasteiger partial charge in [0.2, 0.25) is 5.56 Å². The summed E-state index contributed by atoms with van der Waals surface area (Å²) >= 11 is 0. The van der Waals surface area contributed by atoms with Gasteiger partial charge in [0.25, 0.3) is 5.91 Å². The smallest absolute Gasteiger partial charge is 0.320 e. The first-order valence-electron chi connectivity index (χ1n) is 9.31. The van der Waals surface area contributed by atoms with E-state index in [4.69, 9.17) is 0 Å². The van der Waals surface area contributed by atoms with Gasteiger partial charge in [-0.2, -0.15) is 0 Å². The van der Waals surface area contributed by atoms with Gasteiger partial charge in [-0.05, 0) is 25.1 Å². The molecule has 0 aliphatic heterocycles. The molecule has 3 aromatic rings. The van der Waals surface area contributed by atoms with E-state index >= 15 is 0 Å². The normalized spacial score (nSPS) is 10.2. The summed E-state index contributed by atoms with van der Waals surface area (Å²) in [5.41, 5.74) is 1.79. The number of hydrogen-bond donors (Lipinski definition) is 4. The van der Waals surface area contributed by atoms with E-state index in [-0.39, 0.29) is 16.9 Å². The summed E-state index contributed by atoms with van der Waals surface area (Å²) in [4.78, 5) is 40.4. The Morgan fingerprint density at radius 2 is 1.80 bits per heavy atom. The summed E-state index contributed by atoms with van der Waals surface area (Å²) < 4.78 is 1.37. The molecule has 0 aliphatic rings. The lowest BCUT2D eigenvalue weighted by molar-refractivity contribution is 0.102. The van der Waals surface area contributed by atoms with Crippen LogP contribution in [0.2, 0.25) is 0 Å². The molecular weight excluding hydrogens is 384 g/mol. The molecular formula is C21H22N6O3.